The Hall–Kier alpha value is -1.67. The molecule has 0 aliphatic carbocycles. The number of amides is 1. The summed E-state index contributed by atoms with van der Waals surface area (Å²) in [6.45, 7) is 5.42. The molecule has 0 aliphatic rings. The predicted octanol–water partition coefficient (Wildman–Crippen LogP) is -0.0420. The Labute approximate surface area is 117 Å². The normalized spacial score (nSPS) is 12.2. The lowest BCUT2D eigenvalue weighted by molar-refractivity contribution is -0.122. The minimum atomic E-state index is -3.90. The molecule has 3 N–H and O–H groups in total. The Bertz CT molecular complexity index is 629. The monoisotopic (exact) mass is 301 g/mol. The van der Waals surface area contributed by atoms with Gasteiger partial charge in [0.05, 0.1) is 0 Å². The summed E-state index contributed by atoms with van der Waals surface area (Å²) in [6.07, 6.45) is 2.46. The first-order valence-corrected chi connectivity index (χ1v) is 7.58. The first kappa shape index (κ1) is 16.4. The molecule has 0 radical (unpaired) electrons. The van der Waals surface area contributed by atoms with E-state index in [1.165, 1.54) is 6.20 Å². The molecule has 0 spiro atoms. The molecule has 7 nitrogen and oxygen atoms in total. The van der Waals surface area contributed by atoms with Gasteiger partial charge in [0.25, 0.3) is 0 Å². The molecule has 0 bridgehead atoms. The van der Waals surface area contributed by atoms with Crippen molar-refractivity contribution in [1.82, 2.24) is 15.0 Å². The lowest BCUT2D eigenvalue weighted by atomic mass is 10.1. The van der Waals surface area contributed by atoms with Crippen LogP contribution in [0.15, 0.2) is 28.2 Å². The zero-order chi connectivity index (χ0) is 15.4. The molecule has 1 heterocycles. The van der Waals surface area contributed by atoms with Gasteiger partial charge in [-0.2, -0.15) is 0 Å². The summed E-state index contributed by atoms with van der Waals surface area (Å²) in [4.78, 5) is 25.1. The summed E-state index contributed by atoms with van der Waals surface area (Å²) in [7, 11) is -3.90. The van der Waals surface area contributed by atoms with Crippen molar-refractivity contribution in [1.29, 1.82) is 0 Å². The largest absolute Gasteiger partial charge is 0.366 e. The Morgan fingerprint density at radius 2 is 2.00 bits per heavy atom. The molecule has 1 aromatic rings. The third kappa shape index (κ3) is 5.14. The smallest absolute Gasteiger partial charge is 0.245 e. The van der Waals surface area contributed by atoms with Crippen LogP contribution in [0.5, 0.6) is 0 Å². The Balaban J connectivity index is 2.60. The SMILES string of the molecule is CC(C)(C)NC(=O)CCNS(=O)(=O)c1c[nH]ccc1=O. The third-order valence-electron chi connectivity index (χ3n) is 2.24. The van der Waals surface area contributed by atoms with E-state index in [0.29, 0.717) is 0 Å². The third-order valence-corrected chi connectivity index (χ3v) is 3.72. The van der Waals surface area contributed by atoms with Crippen molar-refractivity contribution >= 4 is 15.9 Å². The van der Waals surface area contributed by atoms with E-state index < -0.39 is 15.5 Å². The molecule has 8 heteroatoms. The summed E-state index contributed by atoms with van der Waals surface area (Å²) in [6, 6.07) is 1.13. The van der Waals surface area contributed by atoms with Crippen LogP contribution in [0.1, 0.15) is 27.2 Å². The summed E-state index contributed by atoms with van der Waals surface area (Å²) < 4.78 is 25.9. The van der Waals surface area contributed by atoms with E-state index in [9.17, 15) is 18.0 Å². The molecule has 20 heavy (non-hydrogen) atoms. The second kappa shape index (κ2) is 6.19. The lowest BCUT2D eigenvalue weighted by Gasteiger charge is -2.20. The molecule has 0 saturated heterocycles. The van der Waals surface area contributed by atoms with E-state index in [1.807, 2.05) is 20.8 Å². The maximum Gasteiger partial charge on any atom is 0.245 e. The number of hydrogen-bond acceptors (Lipinski definition) is 4. The highest BCUT2D eigenvalue weighted by molar-refractivity contribution is 7.89. The van der Waals surface area contributed by atoms with Crippen LogP contribution in [0.25, 0.3) is 0 Å². The highest BCUT2D eigenvalue weighted by atomic mass is 32.2. The van der Waals surface area contributed by atoms with Crippen molar-refractivity contribution in [3.05, 3.63) is 28.7 Å². The fourth-order valence-corrected chi connectivity index (χ4v) is 2.55. The fraction of sp³-hybridized carbons (Fsp3) is 0.500. The van der Waals surface area contributed by atoms with Crippen molar-refractivity contribution in [2.75, 3.05) is 6.54 Å². The highest BCUT2D eigenvalue weighted by Crippen LogP contribution is 2.01. The molecule has 0 unspecified atom stereocenters. The molecule has 1 amide bonds. The first-order valence-electron chi connectivity index (χ1n) is 6.09. The van der Waals surface area contributed by atoms with Crippen LogP contribution in [0.3, 0.4) is 0 Å². The van der Waals surface area contributed by atoms with E-state index in [2.05, 4.69) is 15.0 Å². The number of aromatic amines is 1. The van der Waals surface area contributed by atoms with Gasteiger partial charge in [-0.15, -0.1) is 0 Å². The van der Waals surface area contributed by atoms with Crippen molar-refractivity contribution < 1.29 is 13.2 Å². The lowest BCUT2D eigenvalue weighted by Crippen LogP contribution is -2.42. The van der Waals surface area contributed by atoms with Gasteiger partial charge in [-0.1, -0.05) is 0 Å². The standard InChI is InChI=1S/C12H19N3O4S/c1-12(2,3)15-11(17)5-7-14-20(18,19)10-8-13-6-4-9(10)16/h4,6,8,14H,5,7H2,1-3H3,(H,13,16)(H,15,17). The number of carbonyl (C=O) groups is 1. The van der Waals surface area contributed by atoms with Crippen molar-refractivity contribution in [2.24, 2.45) is 0 Å². The van der Waals surface area contributed by atoms with Crippen LogP contribution < -0.4 is 15.5 Å². The second-order valence-electron chi connectivity index (χ2n) is 5.32. The molecule has 1 rings (SSSR count). The van der Waals surface area contributed by atoms with Gasteiger partial charge in [0, 0.05) is 37.0 Å². The van der Waals surface area contributed by atoms with Gasteiger partial charge in [-0.25, -0.2) is 13.1 Å². The van der Waals surface area contributed by atoms with Crippen LogP contribution in [-0.2, 0) is 14.8 Å². The van der Waals surface area contributed by atoms with Crippen LogP contribution in [0.2, 0.25) is 0 Å². The Morgan fingerprint density at radius 1 is 1.35 bits per heavy atom. The highest BCUT2D eigenvalue weighted by Gasteiger charge is 2.18. The molecular weight excluding hydrogens is 282 g/mol. The molecule has 0 fully saturated rings. The molecule has 0 aliphatic heterocycles. The van der Waals surface area contributed by atoms with Crippen molar-refractivity contribution in [2.45, 2.75) is 37.6 Å². The number of hydrogen-bond donors (Lipinski definition) is 3. The Morgan fingerprint density at radius 3 is 2.55 bits per heavy atom. The van der Waals surface area contributed by atoms with Crippen molar-refractivity contribution in [3.8, 4) is 0 Å². The summed E-state index contributed by atoms with van der Waals surface area (Å²) in [5, 5.41) is 2.71. The van der Waals surface area contributed by atoms with E-state index in [-0.39, 0.29) is 29.3 Å². The van der Waals surface area contributed by atoms with Gasteiger partial charge in [0.15, 0.2) is 0 Å². The number of aromatic nitrogens is 1. The topological polar surface area (TPSA) is 108 Å². The fourth-order valence-electron chi connectivity index (χ4n) is 1.47. The number of rotatable bonds is 5. The minimum absolute atomic E-state index is 0.00123. The average Bonchev–Trinajstić information content (AvgIpc) is 2.26. The predicted molar refractivity (Wildman–Crippen MR) is 74.8 cm³/mol. The van der Waals surface area contributed by atoms with Crippen LogP contribution >= 0.6 is 0 Å². The molecular formula is C12H19N3O4S. The second-order valence-corrected chi connectivity index (χ2v) is 7.05. The zero-order valence-electron chi connectivity index (χ0n) is 11.7. The molecule has 0 saturated carbocycles. The number of sulfonamides is 1. The first-order chi connectivity index (χ1) is 9.12. The van der Waals surface area contributed by atoms with Crippen LogP contribution in [-0.4, -0.2) is 31.4 Å². The van der Waals surface area contributed by atoms with Crippen molar-refractivity contribution in [3.63, 3.8) is 0 Å². The molecule has 112 valence electrons. The molecule has 1 aromatic heterocycles. The van der Waals surface area contributed by atoms with Gasteiger partial charge >= 0.3 is 0 Å². The Kier molecular flexibility index (Phi) is 5.07. The molecule has 0 atom stereocenters. The average molecular weight is 301 g/mol. The number of nitrogens with one attached hydrogen (secondary N) is 3. The maximum absolute atomic E-state index is 11.9. The van der Waals surface area contributed by atoms with E-state index in [0.717, 1.165) is 12.3 Å². The van der Waals surface area contributed by atoms with Crippen LogP contribution in [0.4, 0.5) is 0 Å². The van der Waals surface area contributed by atoms with Gasteiger partial charge < -0.3 is 10.3 Å². The number of H-pyrrole nitrogens is 1. The quantitative estimate of drug-likeness (QED) is 0.709. The van der Waals surface area contributed by atoms with Crippen LogP contribution in [0, 0.1) is 0 Å². The zero-order valence-corrected chi connectivity index (χ0v) is 12.5. The summed E-state index contributed by atoms with van der Waals surface area (Å²) in [5.41, 5.74) is -0.970. The van der Waals surface area contributed by atoms with E-state index in [1.54, 1.807) is 0 Å². The van der Waals surface area contributed by atoms with E-state index >= 15 is 0 Å². The van der Waals surface area contributed by atoms with E-state index in [4.69, 9.17) is 0 Å². The van der Waals surface area contributed by atoms with Gasteiger partial charge in [-0.3, -0.25) is 9.59 Å². The van der Waals surface area contributed by atoms with Gasteiger partial charge in [0.1, 0.15) is 4.90 Å². The van der Waals surface area contributed by atoms with Gasteiger partial charge in [-0.05, 0) is 20.8 Å². The number of pyridine rings is 1. The molecule has 0 aromatic carbocycles. The summed E-state index contributed by atoms with van der Waals surface area (Å²) in [5.74, 6) is -0.262. The maximum atomic E-state index is 11.9. The number of carbonyl (C=O) groups excluding carboxylic acids is 1. The minimum Gasteiger partial charge on any atom is -0.366 e. The summed E-state index contributed by atoms with van der Waals surface area (Å²) >= 11 is 0. The van der Waals surface area contributed by atoms with Gasteiger partial charge in [0.2, 0.25) is 21.4 Å².